The van der Waals surface area contributed by atoms with Crippen LogP contribution in [0.1, 0.15) is 44.6 Å². The lowest BCUT2D eigenvalue weighted by Crippen LogP contribution is -2.43. The molecule has 0 amide bonds. The maximum absolute atomic E-state index is 13.6. The number of imidazole rings is 1. The van der Waals surface area contributed by atoms with Crippen LogP contribution in [-0.2, 0) is 26.0 Å². The quantitative estimate of drug-likeness (QED) is 0.381. The van der Waals surface area contributed by atoms with Crippen LogP contribution in [0.3, 0.4) is 0 Å². The monoisotopic (exact) mass is 547 g/mol. The van der Waals surface area contributed by atoms with Gasteiger partial charge >= 0.3 is 5.97 Å². The topological polar surface area (TPSA) is 156 Å². The molecular weight excluding hydrogens is 514 g/mol. The average molecular weight is 548 g/mol. The molecule has 3 aromatic rings. The zero-order valence-corrected chi connectivity index (χ0v) is 22.7. The van der Waals surface area contributed by atoms with Crippen molar-refractivity contribution in [3.05, 3.63) is 40.1 Å². The number of aliphatic hydroxyl groups is 1. The van der Waals surface area contributed by atoms with Crippen LogP contribution in [0.5, 0.6) is 5.75 Å². The summed E-state index contributed by atoms with van der Waals surface area (Å²) in [4.78, 5) is 31.9. The van der Waals surface area contributed by atoms with E-state index in [-0.39, 0.29) is 35.3 Å². The van der Waals surface area contributed by atoms with Crippen LogP contribution in [0, 0.1) is 12.8 Å². The largest absolute Gasteiger partial charge is 0.493 e. The van der Waals surface area contributed by atoms with Gasteiger partial charge in [-0.2, -0.15) is 4.31 Å². The predicted octanol–water partition coefficient (Wildman–Crippen LogP) is 1.68. The van der Waals surface area contributed by atoms with Gasteiger partial charge in [0.05, 0.1) is 29.9 Å². The van der Waals surface area contributed by atoms with E-state index in [1.165, 1.54) is 28.1 Å². The SMILES string of the molecule is CCCc1nc(C)c2c(=O)[nH]c(-c3cc(S(=O)(=O)N4CCC(C(O)C(=O)OC)CC4)ccc3OCC)nn12. The zero-order valence-electron chi connectivity index (χ0n) is 21.9. The molecule has 1 saturated heterocycles. The first-order valence-electron chi connectivity index (χ1n) is 12.6. The Kier molecular flexibility index (Phi) is 8.19. The summed E-state index contributed by atoms with van der Waals surface area (Å²) in [5.74, 6) is 0.0735. The molecule has 13 heteroatoms. The summed E-state index contributed by atoms with van der Waals surface area (Å²) >= 11 is 0. The molecule has 0 bridgehead atoms. The third-order valence-electron chi connectivity index (χ3n) is 6.75. The summed E-state index contributed by atoms with van der Waals surface area (Å²) in [7, 11) is -2.72. The second-order valence-corrected chi connectivity index (χ2v) is 11.2. The Morgan fingerprint density at radius 1 is 1.26 bits per heavy atom. The number of nitrogens with zero attached hydrogens (tertiary/aromatic N) is 4. The Bertz CT molecular complexity index is 1490. The lowest BCUT2D eigenvalue weighted by molar-refractivity contribution is -0.154. The maximum atomic E-state index is 13.6. The molecule has 0 aliphatic carbocycles. The molecule has 1 fully saturated rings. The van der Waals surface area contributed by atoms with Crippen LogP contribution in [0.4, 0.5) is 0 Å². The number of rotatable bonds is 9. The second-order valence-electron chi connectivity index (χ2n) is 9.23. The molecular formula is C25H33N5O7S. The van der Waals surface area contributed by atoms with Gasteiger partial charge in [0.15, 0.2) is 17.4 Å². The van der Waals surface area contributed by atoms with Gasteiger partial charge in [0.1, 0.15) is 11.6 Å². The number of aryl methyl sites for hydroxylation is 2. The number of methoxy groups -OCH3 is 1. The van der Waals surface area contributed by atoms with Crippen LogP contribution < -0.4 is 10.3 Å². The van der Waals surface area contributed by atoms with E-state index in [4.69, 9.17) is 4.74 Å². The van der Waals surface area contributed by atoms with Crippen LogP contribution >= 0.6 is 0 Å². The fourth-order valence-corrected chi connectivity index (χ4v) is 6.27. The van der Waals surface area contributed by atoms with Crippen molar-refractivity contribution in [1.82, 2.24) is 23.9 Å². The Balaban J connectivity index is 1.71. The highest BCUT2D eigenvalue weighted by Crippen LogP contribution is 2.33. The van der Waals surface area contributed by atoms with Crippen LogP contribution in [-0.4, -0.2) is 76.3 Å². The number of aromatic nitrogens is 4. The van der Waals surface area contributed by atoms with Crippen molar-refractivity contribution in [3.8, 4) is 17.1 Å². The number of hydrogen-bond donors (Lipinski definition) is 2. The van der Waals surface area contributed by atoms with E-state index in [9.17, 15) is 23.1 Å². The van der Waals surface area contributed by atoms with Gasteiger partial charge in [-0.15, -0.1) is 5.10 Å². The van der Waals surface area contributed by atoms with Gasteiger partial charge in [-0.1, -0.05) is 6.92 Å². The highest BCUT2D eigenvalue weighted by Gasteiger charge is 2.35. The Morgan fingerprint density at radius 3 is 2.61 bits per heavy atom. The molecule has 0 saturated carbocycles. The van der Waals surface area contributed by atoms with Crippen molar-refractivity contribution in [2.45, 2.75) is 57.5 Å². The van der Waals surface area contributed by atoms with Crippen molar-refractivity contribution in [1.29, 1.82) is 0 Å². The fraction of sp³-hybridized carbons (Fsp3) is 0.520. The molecule has 1 atom stereocenters. The number of H-pyrrole nitrogens is 1. The van der Waals surface area contributed by atoms with Gasteiger partial charge in [-0.05, 0) is 57.2 Å². The molecule has 1 aliphatic rings. The molecule has 38 heavy (non-hydrogen) atoms. The van der Waals surface area contributed by atoms with Gasteiger partial charge < -0.3 is 19.6 Å². The molecule has 2 aromatic heterocycles. The minimum atomic E-state index is -3.92. The van der Waals surface area contributed by atoms with Crippen LogP contribution in [0.2, 0.25) is 0 Å². The first-order valence-corrected chi connectivity index (χ1v) is 14.1. The molecule has 206 valence electrons. The molecule has 2 N–H and O–H groups in total. The molecule has 0 spiro atoms. The number of fused-ring (bicyclic) bond motifs is 1. The molecule has 3 heterocycles. The first-order chi connectivity index (χ1) is 18.1. The number of piperidine rings is 1. The van der Waals surface area contributed by atoms with E-state index in [1.54, 1.807) is 19.9 Å². The van der Waals surface area contributed by atoms with E-state index < -0.39 is 22.1 Å². The molecule has 1 aliphatic heterocycles. The Morgan fingerprint density at radius 2 is 1.97 bits per heavy atom. The summed E-state index contributed by atoms with van der Waals surface area (Å²) in [6, 6.07) is 4.46. The summed E-state index contributed by atoms with van der Waals surface area (Å²) in [6.07, 6.45) is 0.770. The molecule has 4 rings (SSSR count). The van der Waals surface area contributed by atoms with Gasteiger partial charge in [0.25, 0.3) is 5.56 Å². The minimum Gasteiger partial charge on any atom is -0.493 e. The summed E-state index contributed by atoms with van der Waals surface area (Å²) < 4.78 is 40.3. The van der Waals surface area contributed by atoms with Crippen molar-refractivity contribution >= 4 is 21.5 Å². The first kappa shape index (κ1) is 27.7. The summed E-state index contributed by atoms with van der Waals surface area (Å²) in [5, 5.41) is 14.8. The minimum absolute atomic E-state index is 0.0151. The number of esters is 1. The fourth-order valence-electron chi connectivity index (χ4n) is 4.77. The number of hydrogen-bond acceptors (Lipinski definition) is 9. The number of ether oxygens (including phenoxy) is 2. The van der Waals surface area contributed by atoms with Crippen molar-refractivity contribution in [2.75, 3.05) is 26.8 Å². The maximum Gasteiger partial charge on any atom is 0.334 e. The third kappa shape index (κ3) is 5.18. The molecule has 1 aromatic carbocycles. The van der Waals surface area contributed by atoms with E-state index in [0.29, 0.717) is 54.2 Å². The lowest BCUT2D eigenvalue weighted by Gasteiger charge is -2.32. The number of aromatic amines is 1. The van der Waals surface area contributed by atoms with Gasteiger partial charge in [-0.3, -0.25) is 4.79 Å². The highest BCUT2D eigenvalue weighted by molar-refractivity contribution is 7.89. The number of nitrogens with one attached hydrogen (secondary N) is 1. The predicted molar refractivity (Wildman–Crippen MR) is 138 cm³/mol. The smallest absolute Gasteiger partial charge is 0.334 e. The number of carbonyl (C=O) groups is 1. The number of sulfonamides is 1. The van der Waals surface area contributed by atoms with Crippen molar-refractivity contribution in [2.24, 2.45) is 5.92 Å². The van der Waals surface area contributed by atoms with Gasteiger partial charge in [0, 0.05) is 19.5 Å². The molecule has 0 radical (unpaired) electrons. The van der Waals surface area contributed by atoms with E-state index >= 15 is 0 Å². The van der Waals surface area contributed by atoms with Gasteiger partial charge in [0.2, 0.25) is 10.0 Å². The normalized spacial score (nSPS) is 16.0. The van der Waals surface area contributed by atoms with Crippen LogP contribution in [0.15, 0.2) is 27.9 Å². The third-order valence-corrected chi connectivity index (χ3v) is 8.64. The van der Waals surface area contributed by atoms with E-state index in [0.717, 1.165) is 6.42 Å². The van der Waals surface area contributed by atoms with E-state index in [1.807, 2.05) is 6.92 Å². The standard InChI is InChI=1S/C25H33N5O7S/c1-5-7-20-26-15(3)21-24(32)27-23(28-30(20)21)18-14-17(8-9-19(18)37-6-2)38(34,35)29-12-10-16(11-13-29)22(31)25(33)36-4/h8-9,14,16,22,31H,5-7,10-13H2,1-4H3,(H,27,28,32). The zero-order chi connectivity index (χ0) is 27.6. The highest BCUT2D eigenvalue weighted by atomic mass is 32.2. The Labute approximate surface area is 220 Å². The van der Waals surface area contributed by atoms with E-state index in [2.05, 4.69) is 19.8 Å². The molecule has 1 unspecified atom stereocenters. The number of carbonyl (C=O) groups excluding carboxylic acids is 1. The van der Waals surface area contributed by atoms with Gasteiger partial charge in [-0.25, -0.2) is 22.7 Å². The number of benzene rings is 1. The second kappa shape index (κ2) is 11.2. The lowest BCUT2D eigenvalue weighted by atomic mass is 9.92. The summed E-state index contributed by atoms with van der Waals surface area (Å²) in [5.41, 5.74) is 0.854. The summed E-state index contributed by atoms with van der Waals surface area (Å²) in [6.45, 7) is 6.16. The number of aliphatic hydroxyl groups excluding tert-OH is 1. The van der Waals surface area contributed by atoms with Crippen LogP contribution in [0.25, 0.3) is 16.9 Å². The average Bonchev–Trinajstić information content (AvgIpc) is 3.23. The Hall–Kier alpha value is -3.29. The molecule has 12 nitrogen and oxygen atoms in total. The van der Waals surface area contributed by atoms with Crippen molar-refractivity contribution < 1.29 is 27.8 Å². The van der Waals surface area contributed by atoms with Crippen molar-refractivity contribution in [3.63, 3.8) is 0 Å².